The second-order valence-corrected chi connectivity index (χ2v) is 9.05. The van der Waals surface area contributed by atoms with Gasteiger partial charge in [-0.25, -0.2) is 17.2 Å². The maximum absolute atomic E-state index is 13.3. The van der Waals surface area contributed by atoms with Gasteiger partial charge in [0.15, 0.2) is 11.6 Å². The van der Waals surface area contributed by atoms with Gasteiger partial charge in [0, 0.05) is 21.9 Å². The van der Waals surface area contributed by atoms with Crippen LogP contribution in [-0.2, 0) is 10.0 Å². The highest BCUT2D eigenvalue weighted by atomic mass is 32.2. The number of anilines is 2. The number of hydrogen-bond acceptors (Lipinski definition) is 4. The molecule has 3 rings (SSSR count). The first-order valence-electron chi connectivity index (χ1n) is 9.02. The highest BCUT2D eigenvalue weighted by molar-refractivity contribution is 7.99. The fraction of sp³-hybridized carbons (Fsp3) is 0.0455. The molecule has 0 saturated heterocycles. The van der Waals surface area contributed by atoms with Gasteiger partial charge in [0.25, 0.3) is 15.9 Å². The number of carbonyl (C=O) groups excluding carboxylic acids is 1. The lowest BCUT2D eigenvalue weighted by Gasteiger charge is -2.11. The normalized spacial score (nSPS) is 11.0. The third-order valence-corrected chi connectivity index (χ3v) is 6.54. The molecule has 0 spiro atoms. The number of rotatable bonds is 8. The number of benzene rings is 3. The predicted molar refractivity (Wildman–Crippen MR) is 119 cm³/mol. The van der Waals surface area contributed by atoms with E-state index in [1.54, 1.807) is 12.1 Å². The van der Waals surface area contributed by atoms with E-state index < -0.39 is 26.6 Å². The zero-order valence-electron chi connectivity index (χ0n) is 16.1. The summed E-state index contributed by atoms with van der Waals surface area (Å²) < 4.78 is 53.4. The van der Waals surface area contributed by atoms with Crippen LogP contribution in [0.25, 0.3) is 0 Å². The van der Waals surface area contributed by atoms with Gasteiger partial charge in [-0.2, -0.15) is 0 Å². The molecule has 1 amide bonds. The van der Waals surface area contributed by atoms with Gasteiger partial charge in [-0.3, -0.25) is 9.52 Å². The van der Waals surface area contributed by atoms with Gasteiger partial charge in [-0.15, -0.1) is 18.3 Å². The lowest BCUT2D eigenvalue weighted by Crippen LogP contribution is -2.15. The molecule has 0 aromatic heterocycles. The van der Waals surface area contributed by atoms with E-state index >= 15 is 0 Å². The van der Waals surface area contributed by atoms with Gasteiger partial charge in [0.05, 0.1) is 10.6 Å². The van der Waals surface area contributed by atoms with E-state index in [0.29, 0.717) is 23.1 Å². The van der Waals surface area contributed by atoms with Gasteiger partial charge in [0.2, 0.25) is 0 Å². The Bertz CT molecular complexity index is 1210. The molecule has 0 aliphatic carbocycles. The summed E-state index contributed by atoms with van der Waals surface area (Å²) in [6.45, 7) is 3.68. The first-order valence-corrected chi connectivity index (χ1v) is 11.5. The molecule has 3 aromatic carbocycles. The SMILES string of the molecule is C=CCSc1ccccc1NC(=O)c1ccc(NS(=O)(=O)c2ccc(F)c(F)c2)cc1. The van der Waals surface area contributed by atoms with Crippen LogP contribution in [0.15, 0.2) is 89.2 Å². The van der Waals surface area contributed by atoms with E-state index in [2.05, 4.69) is 16.6 Å². The van der Waals surface area contributed by atoms with Crippen LogP contribution >= 0.6 is 11.8 Å². The summed E-state index contributed by atoms with van der Waals surface area (Å²) in [5.74, 6) is -2.07. The van der Waals surface area contributed by atoms with Crippen molar-refractivity contribution in [1.29, 1.82) is 0 Å². The minimum absolute atomic E-state index is 0.170. The van der Waals surface area contributed by atoms with Crippen molar-refractivity contribution in [2.24, 2.45) is 0 Å². The maximum atomic E-state index is 13.3. The van der Waals surface area contributed by atoms with Crippen LogP contribution in [0.3, 0.4) is 0 Å². The number of para-hydroxylation sites is 1. The fourth-order valence-electron chi connectivity index (χ4n) is 2.59. The lowest BCUT2D eigenvalue weighted by molar-refractivity contribution is 0.102. The van der Waals surface area contributed by atoms with Crippen molar-refractivity contribution in [3.63, 3.8) is 0 Å². The van der Waals surface area contributed by atoms with Crippen LogP contribution in [0.2, 0.25) is 0 Å². The monoisotopic (exact) mass is 460 g/mol. The molecular formula is C22H18F2N2O3S2. The van der Waals surface area contributed by atoms with Crippen LogP contribution in [0.1, 0.15) is 10.4 Å². The first kappa shape index (κ1) is 22.5. The maximum Gasteiger partial charge on any atom is 0.261 e. The minimum Gasteiger partial charge on any atom is -0.321 e. The molecule has 2 N–H and O–H groups in total. The van der Waals surface area contributed by atoms with Crippen LogP contribution in [0, 0.1) is 11.6 Å². The molecule has 31 heavy (non-hydrogen) atoms. The Labute approximate surface area is 183 Å². The van der Waals surface area contributed by atoms with Gasteiger partial charge >= 0.3 is 0 Å². The molecule has 0 bridgehead atoms. The summed E-state index contributed by atoms with van der Waals surface area (Å²) >= 11 is 1.53. The predicted octanol–water partition coefficient (Wildman–Crippen LogP) is 5.30. The second kappa shape index (κ2) is 9.76. The van der Waals surface area contributed by atoms with Crippen LogP contribution < -0.4 is 10.0 Å². The first-order chi connectivity index (χ1) is 14.8. The number of nitrogens with one attached hydrogen (secondary N) is 2. The standard InChI is InChI=1S/C22H18F2N2O3S2/c1-2-13-30-21-6-4-3-5-20(21)25-22(27)15-7-9-16(10-8-15)26-31(28,29)17-11-12-18(23)19(24)14-17/h2-12,14,26H,1,13H2,(H,25,27). The Morgan fingerprint density at radius 2 is 1.71 bits per heavy atom. The van der Waals surface area contributed by atoms with Gasteiger partial charge in [-0.1, -0.05) is 18.2 Å². The largest absolute Gasteiger partial charge is 0.321 e. The van der Waals surface area contributed by atoms with Crippen molar-refractivity contribution < 1.29 is 22.0 Å². The molecule has 3 aromatic rings. The zero-order chi connectivity index (χ0) is 22.4. The van der Waals surface area contributed by atoms with Crippen LogP contribution in [0.5, 0.6) is 0 Å². The molecule has 0 heterocycles. The Kier molecular flexibility index (Phi) is 7.09. The molecule has 0 fully saturated rings. The molecule has 5 nitrogen and oxygen atoms in total. The van der Waals surface area contributed by atoms with Gasteiger partial charge < -0.3 is 5.32 Å². The van der Waals surface area contributed by atoms with Crippen LogP contribution in [0.4, 0.5) is 20.2 Å². The van der Waals surface area contributed by atoms with Crippen LogP contribution in [-0.4, -0.2) is 20.1 Å². The number of sulfonamides is 1. The molecule has 9 heteroatoms. The Morgan fingerprint density at radius 3 is 2.39 bits per heavy atom. The van der Waals surface area contributed by atoms with Gasteiger partial charge in [0.1, 0.15) is 0 Å². The minimum atomic E-state index is -4.12. The molecule has 0 radical (unpaired) electrons. The van der Waals surface area contributed by atoms with Crippen molar-refractivity contribution in [3.05, 3.63) is 96.6 Å². The molecule has 0 saturated carbocycles. The highest BCUT2D eigenvalue weighted by Crippen LogP contribution is 2.27. The van der Waals surface area contributed by atoms with Crippen molar-refractivity contribution in [2.75, 3.05) is 15.8 Å². The van der Waals surface area contributed by atoms with Gasteiger partial charge in [-0.05, 0) is 54.6 Å². The van der Waals surface area contributed by atoms with Crippen molar-refractivity contribution >= 4 is 39.1 Å². The molecule has 160 valence electrons. The summed E-state index contributed by atoms with van der Waals surface area (Å²) in [6.07, 6.45) is 1.77. The summed E-state index contributed by atoms with van der Waals surface area (Å²) in [6, 6.07) is 15.4. The molecular weight excluding hydrogens is 442 g/mol. The molecule has 0 aliphatic heterocycles. The topological polar surface area (TPSA) is 75.3 Å². The lowest BCUT2D eigenvalue weighted by atomic mass is 10.2. The summed E-state index contributed by atoms with van der Waals surface area (Å²) in [7, 11) is -4.12. The van der Waals surface area contributed by atoms with Crippen molar-refractivity contribution in [1.82, 2.24) is 0 Å². The molecule has 0 aliphatic rings. The van der Waals surface area contributed by atoms with Crippen molar-refractivity contribution in [2.45, 2.75) is 9.79 Å². The quantitative estimate of drug-likeness (QED) is 0.354. The average molecular weight is 461 g/mol. The number of halogens is 2. The Morgan fingerprint density at radius 1 is 1.00 bits per heavy atom. The Hall–Kier alpha value is -3.17. The van der Waals surface area contributed by atoms with E-state index in [9.17, 15) is 22.0 Å². The third kappa shape index (κ3) is 5.71. The fourth-order valence-corrected chi connectivity index (χ4v) is 4.40. The summed E-state index contributed by atoms with van der Waals surface area (Å²) in [5.41, 5.74) is 1.14. The molecule has 0 atom stereocenters. The zero-order valence-corrected chi connectivity index (χ0v) is 17.8. The van der Waals surface area contributed by atoms with Crippen molar-refractivity contribution in [3.8, 4) is 0 Å². The van der Waals surface area contributed by atoms with E-state index in [-0.39, 0.29) is 11.6 Å². The number of thioether (sulfide) groups is 1. The summed E-state index contributed by atoms with van der Waals surface area (Å²) in [5, 5.41) is 2.83. The number of amides is 1. The van der Waals surface area contributed by atoms with E-state index in [1.165, 1.54) is 36.0 Å². The molecule has 0 unspecified atom stereocenters. The second-order valence-electron chi connectivity index (χ2n) is 6.31. The highest BCUT2D eigenvalue weighted by Gasteiger charge is 2.17. The average Bonchev–Trinajstić information content (AvgIpc) is 2.75. The van der Waals surface area contributed by atoms with E-state index in [0.717, 1.165) is 17.0 Å². The number of carbonyl (C=O) groups is 1. The smallest absolute Gasteiger partial charge is 0.261 e. The summed E-state index contributed by atoms with van der Waals surface area (Å²) in [4.78, 5) is 13.1. The Balaban J connectivity index is 1.72. The van der Waals surface area contributed by atoms with E-state index in [1.807, 2.05) is 18.2 Å². The number of hydrogen-bond donors (Lipinski definition) is 2. The third-order valence-electron chi connectivity index (χ3n) is 4.09. The van der Waals surface area contributed by atoms with E-state index in [4.69, 9.17) is 0 Å².